The van der Waals surface area contributed by atoms with E-state index in [1.165, 1.54) is 6.08 Å². The minimum Gasteiger partial charge on any atom is -0.334 e. The number of thiol groups is 1. The molecular formula is C19H17NO2S. The van der Waals surface area contributed by atoms with Crippen LogP contribution in [0.2, 0.25) is 0 Å². The lowest BCUT2D eigenvalue weighted by atomic mass is 9.84. The Labute approximate surface area is 141 Å². The molecule has 0 spiro atoms. The fourth-order valence-corrected chi connectivity index (χ4v) is 3.21. The molecule has 116 valence electrons. The predicted molar refractivity (Wildman–Crippen MR) is 93.7 cm³/mol. The number of hydrogen-bond acceptors (Lipinski definition) is 2. The van der Waals surface area contributed by atoms with Gasteiger partial charge in [0, 0.05) is 24.6 Å². The molecule has 3 nitrogen and oxygen atoms in total. The van der Waals surface area contributed by atoms with Gasteiger partial charge in [-0.05, 0) is 28.8 Å². The molecular weight excluding hydrogens is 306 g/mol. The standard InChI is InChI=1S/C19H17NO2S/c1-2-18(21)20-11-15-10-14(19(22)23)8-9-16(15)17(12-20)13-6-4-3-5-7-13/h2-10,17H,1,11-12H2,(H,22,23)/t17-/m1/s1. The van der Waals surface area contributed by atoms with Crippen molar-refractivity contribution >= 4 is 23.7 Å². The number of carbonyl (C=O) groups is 2. The highest BCUT2D eigenvalue weighted by molar-refractivity contribution is 7.97. The number of fused-ring (bicyclic) bond motifs is 1. The molecule has 0 saturated heterocycles. The Balaban J connectivity index is 2.08. The maximum atomic E-state index is 12.1. The van der Waals surface area contributed by atoms with Crippen LogP contribution in [0.4, 0.5) is 0 Å². The molecule has 3 rings (SSSR count). The fraction of sp³-hybridized carbons (Fsp3) is 0.158. The lowest BCUT2D eigenvalue weighted by molar-refractivity contribution is -0.127. The van der Waals surface area contributed by atoms with E-state index in [-0.39, 0.29) is 16.9 Å². The molecule has 0 saturated carbocycles. The molecule has 2 aromatic rings. The first kappa shape index (κ1) is 15.6. The number of amides is 1. The number of carbonyl (C=O) groups excluding carboxylic acids is 2. The van der Waals surface area contributed by atoms with E-state index in [0.717, 1.165) is 16.7 Å². The van der Waals surface area contributed by atoms with E-state index in [1.54, 1.807) is 11.0 Å². The Kier molecular flexibility index (Phi) is 4.35. The van der Waals surface area contributed by atoms with Gasteiger partial charge in [-0.15, -0.1) is 12.6 Å². The summed E-state index contributed by atoms with van der Waals surface area (Å²) in [7, 11) is 0. The topological polar surface area (TPSA) is 37.4 Å². The van der Waals surface area contributed by atoms with Crippen LogP contribution in [0.3, 0.4) is 0 Å². The maximum Gasteiger partial charge on any atom is 0.246 e. The summed E-state index contributed by atoms with van der Waals surface area (Å²) in [5.41, 5.74) is 3.84. The molecule has 0 radical (unpaired) electrons. The zero-order valence-corrected chi connectivity index (χ0v) is 13.5. The third kappa shape index (κ3) is 3.08. The van der Waals surface area contributed by atoms with Crippen LogP contribution >= 0.6 is 12.6 Å². The number of hydrogen-bond donors (Lipinski definition) is 1. The van der Waals surface area contributed by atoms with Crippen LogP contribution in [-0.4, -0.2) is 22.5 Å². The van der Waals surface area contributed by atoms with Gasteiger partial charge in [-0.2, -0.15) is 0 Å². The zero-order chi connectivity index (χ0) is 16.4. The predicted octanol–water partition coefficient (Wildman–Crippen LogP) is 3.42. The molecule has 0 aliphatic carbocycles. The van der Waals surface area contributed by atoms with E-state index in [9.17, 15) is 9.59 Å². The summed E-state index contributed by atoms with van der Waals surface area (Å²) < 4.78 is 0. The molecule has 1 aliphatic heterocycles. The van der Waals surface area contributed by atoms with E-state index in [0.29, 0.717) is 18.7 Å². The van der Waals surface area contributed by atoms with Crippen molar-refractivity contribution in [1.82, 2.24) is 4.90 Å². The van der Waals surface area contributed by atoms with E-state index < -0.39 is 0 Å². The van der Waals surface area contributed by atoms with Crippen molar-refractivity contribution in [3.05, 3.63) is 83.4 Å². The molecule has 0 bridgehead atoms. The van der Waals surface area contributed by atoms with Crippen molar-refractivity contribution in [2.24, 2.45) is 0 Å². The van der Waals surface area contributed by atoms with Crippen LogP contribution < -0.4 is 0 Å². The highest BCUT2D eigenvalue weighted by atomic mass is 32.1. The van der Waals surface area contributed by atoms with Gasteiger partial charge in [0.15, 0.2) is 0 Å². The summed E-state index contributed by atoms with van der Waals surface area (Å²) in [6.07, 6.45) is 1.33. The van der Waals surface area contributed by atoms with Crippen molar-refractivity contribution in [3.8, 4) is 0 Å². The average molecular weight is 323 g/mol. The minimum absolute atomic E-state index is 0.0907. The van der Waals surface area contributed by atoms with Gasteiger partial charge in [-0.3, -0.25) is 9.59 Å². The van der Waals surface area contributed by atoms with Crippen molar-refractivity contribution in [1.29, 1.82) is 0 Å². The second-order valence-corrected chi connectivity index (χ2v) is 6.01. The normalized spacial score (nSPS) is 16.6. The van der Waals surface area contributed by atoms with Gasteiger partial charge in [-0.25, -0.2) is 0 Å². The van der Waals surface area contributed by atoms with Crippen LogP contribution in [0.5, 0.6) is 0 Å². The number of nitrogens with zero attached hydrogens (tertiary/aromatic N) is 1. The second kappa shape index (κ2) is 6.42. The maximum absolute atomic E-state index is 12.1. The second-order valence-electron chi connectivity index (χ2n) is 5.60. The van der Waals surface area contributed by atoms with Crippen LogP contribution in [0.15, 0.2) is 61.2 Å². The molecule has 1 amide bonds. The van der Waals surface area contributed by atoms with E-state index in [2.05, 4.69) is 31.3 Å². The monoisotopic (exact) mass is 323 g/mol. The molecule has 0 unspecified atom stereocenters. The van der Waals surface area contributed by atoms with Gasteiger partial charge in [0.25, 0.3) is 0 Å². The summed E-state index contributed by atoms with van der Waals surface area (Å²) in [5, 5.41) is -0.267. The third-order valence-corrected chi connectivity index (χ3v) is 4.48. The summed E-state index contributed by atoms with van der Waals surface area (Å²) in [6.45, 7) is 4.67. The van der Waals surface area contributed by atoms with Gasteiger partial charge < -0.3 is 4.90 Å². The molecule has 1 atom stereocenters. The van der Waals surface area contributed by atoms with Crippen molar-refractivity contribution in [2.75, 3.05) is 6.54 Å². The first-order valence-electron chi connectivity index (χ1n) is 7.42. The van der Waals surface area contributed by atoms with Crippen molar-refractivity contribution in [3.63, 3.8) is 0 Å². The molecule has 2 aromatic carbocycles. The SMILES string of the molecule is C=CC(=O)N1Cc2cc(C(=O)S)ccc2[C@@H](c2ccccc2)C1. The Morgan fingerprint density at radius 1 is 1.17 bits per heavy atom. The lowest BCUT2D eigenvalue weighted by Crippen LogP contribution is -2.37. The lowest BCUT2D eigenvalue weighted by Gasteiger charge is -2.34. The molecule has 1 heterocycles. The third-order valence-electron chi connectivity index (χ3n) is 4.22. The molecule has 1 aliphatic rings. The van der Waals surface area contributed by atoms with Gasteiger partial charge in [-0.1, -0.05) is 49.0 Å². The zero-order valence-electron chi connectivity index (χ0n) is 12.6. The van der Waals surface area contributed by atoms with E-state index in [4.69, 9.17) is 0 Å². The first-order valence-corrected chi connectivity index (χ1v) is 7.87. The molecule has 4 heteroatoms. The summed E-state index contributed by atoms with van der Waals surface area (Å²) in [5.74, 6) is -0.00731. The van der Waals surface area contributed by atoms with Crippen LogP contribution in [-0.2, 0) is 11.3 Å². The Bertz CT molecular complexity index is 770. The van der Waals surface area contributed by atoms with E-state index in [1.807, 2.05) is 30.3 Å². The molecule has 0 fully saturated rings. The molecule has 0 N–H and O–H groups in total. The van der Waals surface area contributed by atoms with Crippen molar-refractivity contribution in [2.45, 2.75) is 12.5 Å². The quantitative estimate of drug-likeness (QED) is 0.694. The van der Waals surface area contributed by atoms with Gasteiger partial charge in [0.05, 0.1) is 0 Å². The van der Waals surface area contributed by atoms with Crippen LogP contribution in [0.25, 0.3) is 0 Å². The summed E-state index contributed by atoms with van der Waals surface area (Å²) >= 11 is 3.89. The van der Waals surface area contributed by atoms with Crippen LogP contribution in [0, 0.1) is 0 Å². The van der Waals surface area contributed by atoms with Crippen LogP contribution in [0.1, 0.15) is 33.0 Å². The highest BCUT2D eigenvalue weighted by Crippen LogP contribution is 2.34. The molecule has 0 aromatic heterocycles. The highest BCUT2D eigenvalue weighted by Gasteiger charge is 2.28. The van der Waals surface area contributed by atoms with E-state index >= 15 is 0 Å². The minimum atomic E-state index is -0.267. The first-order chi connectivity index (χ1) is 11.1. The molecule has 23 heavy (non-hydrogen) atoms. The fourth-order valence-electron chi connectivity index (χ4n) is 3.07. The van der Waals surface area contributed by atoms with Gasteiger partial charge in [0.1, 0.15) is 0 Å². The Hall–Kier alpha value is -2.33. The summed E-state index contributed by atoms with van der Waals surface area (Å²) in [6, 6.07) is 15.7. The number of benzene rings is 2. The Morgan fingerprint density at radius 3 is 2.57 bits per heavy atom. The van der Waals surface area contributed by atoms with Crippen molar-refractivity contribution < 1.29 is 9.59 Å². The number of rotatable bonds is 3. The van der Waals surface area contributed by atoms with Gasteiger partial charge >= 0.3 is 0 Å². The van der Waals surface area contributed by atoms with Gasteiger partial charge in [0.2, 0.25) is 11.0 Å². The summed E-state index contributed by atoms with van der Waals surface area (Å²) in [4.78, 5) is 25.4. The Morgan fingerprint density at radius 2 is 1.91 bits per heavy atom. The largest absolute Gasteiger partial charge is 0.334 e. The smallest absolute Gasteiger partial charge is 0.246 e. The average Bonchev–Trinajstić information content (AvgIpc) is 2.60.